The van der Waals surface area contributed by atoms with Crippen LogP contribution >= 0.6 is 0 Å². The molecule has 0 spiro atoms. The Bertz CT molecular complexity index is 317. The smallest absolute Gasteiger partial charge is 0.331 e. The molecule has 0 aliphatic rings. The van der Waals surface area contributed by atoms with Gasteiger partial charge in [0.05, 0.1) is 0 Å². The zero-order chi connectivity index (χ0) is 9.68. The SMILES string of the molecule is CCC(=Cc1cccnc1)C(=O)O. The van der Waals surface area contributed by atoms with Gasteiger partial charge in [-0.2, -0.15) is 0 Å². The Morgan fingerprint density at radius 2 is 2.46 bits per heavy atom. The molecule has 0 fully saturated rings. The van der Waals surface area contributed by atoms with E-state index in [4.69, 9.17) is 5.11 Å². The van der Waals surface area contributed by atoms with Crippen LogP contribution in [0.2, 0.25) is 0 Å². The van der Waals surface area contributed by atoms with E-state index in [1.165, 1.54) is 0 Å². The minimum atomic E-state index is -0.869. The highest BCUT2D eigenvalue weighted by Gasteiger charge is 2.03. The number of aromatic nitrogens is 1. The summed E-state index contributed by atoms with van der Waals surface area (Å²) in [4.78, 5) is 14.5. The zero-order valence-electron chi connectivity index (χ0n) is 7.40. The number of hydrogen-bond acceptors (Lipinski definition) is 2. The summed E-state index contributed by atoms with van der Waals surface area (Å²) >= 11 is 0. The summed E-state index contributed by atoms with van der Waals surface area (Å²) in [5, 5.41) is 8.75. The van der Waals surface area contributed by atoms with Crippen LogP contribution in [0, 0.1) is 0 Å². The molecular weight excluding hydrogens is 166 g/mol. The van der Waals surface area contributed by atoms with Gasteiger partial charge >= 0.3 is 5.97 Å². The van der Waals surface area contributed by atoms with Crippen molar-refractivity contribution in [1.29, 1.82) is 0 Å². The van der Waals surface area contributed by atoms with E-state index < -0.39 is 5.97 Å². The molecule has 1 aromatic rings. The first-order valence-corrected chi connectivity index (χ1v) is 4.08. The Morgan fingerprint density at radius 3 is 2.92 bits per heavy atom. The van der Waals surface area contributed by atoms with Gasteiger partial charge in [-0.05, 0) is 24.1 Å². The number of hydrogen-bond donors (Lipinski definition) is 1. The molecule has 0 atom stereocenters. The fourth-order valence-corrected chi connectivity index (χ4v) is 0.978. The van der Waals surface area contributed by atoms with Crippen LogP contribution in [0.1, 0.15) is 18.9 Å². The summed E-state index contributed by atoms with van der Waals surface area (Å²) in [6.07, 6.45) is 5.45. The summed E-state index contributed by atoms with van der Waals surface area (Å²) in [7, 11) is 0. The lowest BCUT2D eigenvalue weighted by Gasteiger charge is -1.97. The molecule has 0 aliphatic carbocycles. The summed E-state index contributed by atoms with van der Waals surface area (Å²) < 4.78 is 0. The number of pyridine rings is 1. The predicted molar refractivity (Wildman–Crippen MR) is 50.1 cm³/mol. The molecule has 0 bridgehead atoms. The maximum atomic E-state index is 10.6. The van der Waals surface area contributed by atoms with Crippen molar-refractivity contribution in [3.63, 3.8) is 0 Å². The molecule has 0 radical (unpaired) electrons. The van der Waals surface area contributed by atoms with Crippen LogP contribution in [0.25, 0.3) is 6.08 Å². The molecule has 0 amide bonds. The molecule has 3 heteroatoms. The molecule has 1 aromatic heterocycles. The van der Waals surface area contributed by atoms with E-state index in [9.17, 15) is 4.79 Å². The summed E-state index contributed by atoms with van der Waals surface area (Å²) in [5.74, 6) is -0.869. The number of carbonyl (C=O) groups is 1. The van der Waals surface area contributed by atoms with E-state index >= 15 is 0 Å². The van der Waals surface area contributed by atoms with Gasteiger partial charge in [-0.25, -0.2) is 4.79 Å². The van der Waals surface area contributed by atoms with Crippen LogP contribution < -0.4 is 0 Å². The molecule has 0 saturated heterocycles. The highest BCUT2D eigenvalue weighted by molar-refractivity contribution is 5.91. The quantitative estimate of drug-likeness (QED) is 0.718. The molecule has 3 nitrogen and oxygen atoms in total. The molecule has 1 N–H and O–H groups in total. The predicted octanol–water partition coefficient (Wildman–Crippen LogP) is 1.96. The van der Waals surface area contributed by atoms with Crippen molar-refractivity contribution in [2.24, 2.45) is 0 Å². The van der Waals surface area contributed by atoms with E-state index in [1.807, 2.05) is 13.0 Å². The second-order valence-corrected chi connectivity index (χ2v) is 2.61. The fraction of sp³-hybridized carbons (Fsp3) is 0.200. The standard InChI is InChI=1S/C10H11NO2/c1-2-9(10(12)13)6-8-4-3-5-11-7-8/h3-7H,2H2,1H3,(H,12,13). The fourth-order valence-electron chi connectivity index (χ4n) is 0.978. The van der Waals surface area contributed by atoms with Crippen molar-refractivity contribution < 1.29 is 9.90 Å². The van der Waals surface area contributed by atoms with Crippen molar-refractivity contribution in [1.82, 2.24) is 4.98 Å². The number of carboxylic acids is 1. The van der Waals surface area contributed by atoms with Gasteiger partial charge in [0.15, 0.2) is 0 Å². The third kappa shape index (κ3) is 2.71. The van der Waals surface area contributed by atoms with E-state index in [1.54, 1.807) is 24.5 Å². The largest absolute Gasteiger partial charge is 0.478 e. The van der Waals surface area contributed by atoms with Gasteiger partial charge in [0.1, 0.15) is 0 Å². The topological polar surface area (TPSA) is 50.2 Å². The number of aliphatic carboxylic acids is 1. The van der Waals surface area contributed by atoms with Gasteiger partial charge in [0, 0.05) is 18.0 Å². The molecule has 0 unspecified atom stereocenters. The second-order valence-electron chi connectivity index (χ2n) is 2.61. The lowest BCUT2D eigenvalue weighted by atomic mass is 10.1. The lowest BCUT2D eigenvalue weighted by molar-refractivity contribution is -0.132. The first kappa shape index (κ1) is 9.45. The van der Waals surface area contributed by atoms with Crippen LogP contribution in [-0.4, -0.2) is 16.1 Å². The van der Waals surface area contributed by atoms with Gasteiger partial charge in [-0.1, -0.05) is 13.0 Å². The van der Waals surface area contributed by atoms with Crippen LogP contribution in [0.15, 0.2) is 30.1 Å². The van der Waals surface area contributed by atoms with Crippen LogP contribution in [0.3, 0.4) is 0 Å². The van der Waals surface area contributed by atoms with Gasteiger partial charge < -0.3 is 5.11 Å². The first-order chi connectivity index (χ1) is 6.24. The average molecular weight is 177 g/mol. The molecule has 0 aromatic carbocycles. The Morgan fingerprint density at radius 1 is 1.69 bits per heavy atom. The zero-order valence-corrected chi connectivity index (χ0v) is 7.40. The minimum absolute atomic E-state index is 0.396. The van der Waals surface area contributed by atoms with E-state index in [-0.39, 0.29) is 0 Å². The number of nitrogens with zero attached hydrogens (tertiary/aromatic N) is 1. The summed E-state index contributed by atoms with van der Waals surface area (Å²) in [5.41, 5.74) is 1.22. The van der Waals surface area contributed by atoms with Crippen LogP contribution in [0.4, 0.5) is 0 Å². The lowest BCUT2D eigenvalue weighted by Crippen LogP contribution is -1.98. The molecule has 0 saturated carbocycles. The number of rotatable bonds is 3. The second kappa shape index (κ2) is 4.40. The maximum Gasteiger partial charge on any atom is 0.331 e. The minimum Gasteiger partial charge on any atom is -0.478 e. The monoisotopic (exact) mass is 177 g/mol. The molecular formula is C10H11NO2. The van der Waals surface area contributed by atoms with Crippen LogP contribution in [0.5, 0.6) is 0 Å². The molecule has 13 heavy (non-hydrogen) atoms. The van der Waals surface area contributed by atoms with E-state index in [0.29, 0.717) is 12.0 Å². The summed E-state index contributed by atoms with van der Waals surface area (Å²) in [6.45, 7) is 1.82. The van der Waals surface area contributed by atoms with Crippen molar-refractivity contribution in [2.45, 2.75) is 13.3 Å². The Kier molecular flexibility index (Phi) is 3.20. The Labute approximate surface area is 76.7 Å². The van der Waals surface area contributed by atoms with E-state index in [2.05, 4.69) is 4.98 Å². The molecule has 1 rings (SSSR count). The van der Waals surface area contributed by atoms with Gasteiger partial charge in [0.25, 0.3) is 0 Å². The van der Waals surface area contributed by atoms with Gasteiger partial charge in [-0.15, -0.1) is 0 Å². The van der Waals surface area contributed by atoms with Gasteiger partial charge in [-0.3, -0.25) is 4.98 Å². The molecule has 68 valence electrons. The third-order valence-corrected chi connectivity index (χ3v) is 1.68. The van der Waals surface area contributed by atoms with Crippen LogP contribution in [-0.2, 0) is 4.79 Å². The van der Waals surface area contributed by atoms with Gasteiger partial charge in [0.2, 0.25) is 0 Å². The molecule has 0 aliphatic heterocycles. The molecule has 1 heterocycles. The van der Waals surface area contributed by atoms with Crippen molar-refractivity contribution in [3.8, 4) is 0 Å². The Hall–Kier alpha value is -1.64. The van der Waals surface area contributed by atoms with E-state index in [0.717, 1.165) is 5.56 Å². The Balaban J connectivity index is 2.92. The number of carboxylic acid groups (broad SMARTS) is 1. The highest BCUT2D eigenvalue weighted by Crippen LogP contribution is 2.08. The summed E-state index contributed by atoms with van der Waals surface area (Å²) in [6, 6.07) is 3.60. The third-order valence-electron chi connectivity index (χ3n) is 1.68. The normalized spacial score (nSPS) is 11.3. The van der Waals surface area contributed by atoms with Crippen molar-refractivity contribution in [2.75, 3.05) is 0 Å². The average Bonchev–Trinajstić information content (AvgIpc) is 2.15. The first-order valence-electron chi connectivity index (χ1n) is 4.08. The van der Waals surface area contributed by atoms with Crippen molar-refractivity contribution in [3.05, 3.63) is 35.7 Å². The highest BCUT2D eigenvalue weighted by atomic mass is 16.4. The maximum absolute atomic E-state index is 10.6. The van der Waals surface area contributed by atoms with Crippen molar-refractivity contribution >= 4 is 12.0 Å².